The minimum atomic E-state index is 1.09. The predicted molar refractivity (Wildman–Crippen MR) is 282 cm³/mol. The normalized spacial score (nSPS) is 11.3. The van der Waals surface area contributed by atoms with E-state index in [9.17, 15) is 0 Å². The van der Waals surface area contributed by atoms with Crippen LogP contribution < -0.4 is 9.80 Å². The molecule has 0 radical (unpaired) electrons. The average Bonchev–Trinajstić information content (AvgIpc) is 3.39. The molecule has 310 valence electrons. The molecule has 66 heavy (non-hydrogen) atoms. The van der Waals surface area contributed by atoms with Gasteiger partial charge in [-0.05, 0) is 144 Å². The summed E-state index contributed by atoms with van der Waals surface area (Å²) >= 11 is 0. The van der Waals surface area contributed by atoms with Crippen molar-refractivity contribution < 1.29 is 0 Å². The SMILES string of the molecule is c1ccc(-c2ccc(-c3c4ccc(N(c5ccccc5)c5cccc6ccccc56)cc4c(-c4ccc5ccccc5c4)c4ccc(N(c5ccccc5)c5ccccc5)cc34)cc2)cc1. The van der Waals surface area contributed by atoms with Gasteiger partial charge in [0.1, 0.15) is 0 Å². The first-order valence-electron chi connectivity index (χ1n) is 22.7. The number of anilines is 6. The van der Waals surface area contributed by atoms with Gasteiger partial charge in [-0.1, -0.05) is 194 Å². The second-order valence-electron chi connectivity index (χ2n) is 16.9. The largest absolute Gasteiger partial charge is 0.310 e. The van der Waals surface area contributed by atoms with E-state index in [1.807, 2.05) is 0 Å². The molecule has 0 aliphatic rings. The molecule has 12 aromatic carbocycles. The fourth-order valence-corrected chi connectivity index (χ4v) is 9.92. The van der Waals surface area contributed by atoms with E-state index in [-0.39, 0.29) is 0 Å². The Morgan fingerprint density at radius 3 is 1.26 bits per heavy atom. The van der Waals surface area contributed by atoms with Crippen LogP contribution in [-0.4, -0.2) is 0 Å². The van der Waals surface area contributed by atoms with E-state index in [4.69, 9.17) is 0 Å². The summed E-state index contributed by atoms with van der Waals surface area (Å²) in [4.78, 5) is 4.79. The molecule has 12 aromatic rings. The summed E-state index contributed by atoms with van der Waals surface area (Å²) in [6.45, 7) is 0. The van der Waals surface area contributed by atoms with Crippen LogP contribution in [0.3, 0.4) is 0 Å². The summed E-state index contributed by atoms with van der Waals surface area (Å²) in [5.74, 6) is 0. The van der Waals surface area contributed by atoms with E-state index >= 15 is 0 Å². The predicted octanol–water partition coefficient (Wildman–Crippen LogP) is 18.2. The van der Waals surface area contributed by atoms with Crippen molar-refractivity contribution in [2.45, 2.75) is 0 Å². The van der Waals surface area contributed by atoms with E-state index in [1.54, 1.807) is 0 Å². The van der Waals surface area contributed by atoms with E-state index < -0.39 is 0 Å². The van der Waals surface area contributed by atoms with Crippen molar-refractivity contribution in [3.8, 4) is 33.4 Å². The average molecular weight is 841 g/mol. The highest BCUT2D eigenvalue weighted by Crippen LogP contribution is 2.49. The van der Waals surface area contributed by atoms with Gasteiger partial charge in [-0.3, -0.25) is 0 Å². The van der Waals surface area contributed by atoms with Gasteiger partial charge >= 0.3 is 0 Å². The zero-order chi connectivity index (χ0) is 43.8. The van der Waals surface area contributed by atoms with Crippen LogP contribution in [0.5, 0.6) is 0 Å². The molecule has 2 heteroatoms. The lowest BCUT2D eigenvalue weighted by molar-refractivity contribution is 1.29. The smallest absolute Gasteiger partial charge is 0.0540 e. The minimum Gasteiger partial charge on any atom is -0.310 e. The Bertz CT molecular complexity index is 3630. The van der Waals surface area contributed by atoms with Gasteiger partial charge in [-0.15, -0.1) is 0 Å². The van der Waals surface area contributed by atoms with Crippen molar-refractivity contribution in [1.29, 1.82) is 0 Å². The number of rotatable bonds is 9. The molecular formula is C64H44N2. The lowest BCUT2D eigenvalue weighted by Gasteiger charge is -2.28. The molecule has 0 aromatic heterocycles. The molecule has 0 spiro atoms. The van der Waals surface area contributed by atoms with Gasteiger partial charge in [0.15, 0.2) is 0 Å². The van der Waals surface area contributed by atoms with E-state index in [1.165, 1.54) is 76.5 Å². The molecule has 0 aliphatic carbocycles. The molecule has 0 fully saturated rings. The Labute approximate surface area is 385 Å². The third-order valence-corrected chi connectivity index (χ3v) is 13.0. The molecule has 2 nitrogen and oxygen atoms in total. The number of benzene rings is 12. The van der Waals surface area contributed by atoms with Crippen LogP contribution in [-0.2, 0) is 0 Å². The van der Waals surface area contributed by atoms with Crippen molar-refractivity contribution in [2.75, 3.05) is 9.80 Å². The number of nitrogens with zero attached hydrogens (tertiary/aromatic N) is 2. The van der Waals surface area contributed by atoms with Crippen LogP contribution in [0.4, 0.5) is 34.1 Å². The second kappa shape index (κ2) is 16.8. The lowest BCUT2D eigenvalue weighted by Crippen LogP contribution is -2.10. The summed E-state index contributed by atoms with van der Waals surface area (Å²) in [5.41, 5.74) is 13.8. The highest BCUT2D eigenvalue weighted by atomic mass is 15.1. The molecule has 0 N–H and O–H groups in total. The molecular weight excluding hydrogens is 797 g/mol. The van der Waals surface area contributed by atoms with Crippen LogP contribution in [0.15, 0.2) is 267 Å². The fraction of sp³-hybridized carbons (Fsp3) is 0. The van der Waals surface area contributed by atoms with Crippen LogP contribution in [0.25, 0.3) is 76.5 Å². The summed E-state index contributed by atoms with van der Waals surface area (Å²) < 4.78 is 0. The minimum absolute atomic E-state index is 1.09. The summed E-state index contributed by atoms with van der Waals surface area (Å²) in [7, 11) is 0. The third kappa shape index (κ3) is 7.02. The van der Waals surface area contributed by atoms with Crippen molar-refractivity contribution in [3.63, 3.8) is 0 Å². The quantitative estimate of drug-likeness (QED) is 0.134. The van der Waals surface area contributed by atoms with Gasteiger partial charge < -0.3 is 9.80 Å². The van der Waals surface area contributed by atoms with Crippen LogP contribution >= 0.6 is 0 Å². The maximum Gasteiger partial charge on any atom is 0.0540 e. The maximum absolute atomic E-state index is 2.43. The Kier molecular flexibility index (Phi) is 9.89. The first-order chi connectivity index (χ1) is 32.7. The summed E-state index contributed by atoms with van der Waals surface area (Å²) in [5, 5.41) is 9.60. The van der Waals surface area contributed by atoms with Gasteiger partial charge in [-0.25, -0.2) is 0 Å². The Morgan fingerprint density at radius 1 is 0.197 bits per heavy atom. The molecule has 0 saturated carbocycles. The Morgan fingerprint density at radius 2 is 0.636 bits per heavy atom. The molecule has 0 unspecified atom stereocenters. The molecule has 0 atom stereocenters. The highest BCUT2D eigenvalue weighted by Gasteiger charge is 2.23. The van der Waals surface area contributed by atoms with E-state index in [0.29, 0.717) is 0 Å². The van der Waals surface area contributed by atoms with Gasteiger partial charge in [0.05, 0.1) is 5.69 Å². The van der Waals surface area contributed by atoms with Gasteiger partial charge in [0.25, 0.3) is 0 Å². The maximum atomic E-state index is 2.43. The van der Waals surface area contributed by atoms with Crippen LogP contribution in [0.2, 0.25) is 0 Å². The summed E-state index contributed by atoms with van der Waals surface area (Å²) in [6.07, 6.45) is 0. The van der Waals surface area contributed by atoms with E-state index in [0.717, 1.165) is 34.1 Å². The van der Waals surface area contributed by atoms with Crippen LogP contribution in [0.1, 0.15) is 0 Å². The Hall–Kier alpha value is -8.72. The van der Waals surface area contributed by atoms with Crippen LogP contribution in [0, 0.1) is 0 Å². The number of para-hydroxylation sites is 3. The molecule has 0 bridgehead atoms. The lowest BCUT2D eigenvalue weighted by atomic mass is 9.84. The summed E-state index contributed by atoms with van der Waals surface area (Å²) in [6, 6.07) is 97.2. The monoisotopic (exact) mass is 840 g/mol. The van der Waals surface area contributed by atoms with Gasteiger partial charge in [-0.2, -0.15) is 0 Å². The molecule has 0 amide bonds. The zero-order valence-corrected chi connectivity index (χ0v) is 36.3. The highest BCUT2D eigenvalue weighted by molar-refractivity contribution is 6.23. The van der Waals surface area contributed by atoms with E-state index in [2.05, 4.69) is 277 Å². The van der Waals surface area contributed by atoms with Crippen molar-refractivity contribution >= 4 is 77.2 Å². The van der Waals surface area contributed by atoms with Crippen molar-refractivity contribution in [1.82, 2.24) is 0 Å². The van der Waals surface area contributed by atoms with Crippen molar-refractivity contribution in [2.24, 2.45) is 0 Å². The number of fused-ring (bicyclic) bond motifs is 4. The topological polar surface area (TPSA) is 6.48 Å². The standard InChI is InChI=1S/C64H44N2/c1-5-18-45(19-6-1)47-32-35-49(36-33-47)63-58-41-39-56(66(54-28-11-4-12-29-54)62-31-17-23-48-21-15-16-30-57(48)62)44-61(58)64(51-37-34-46-20-13-14-22-50(46)42-51)59-40-38-55(43-60(59)63)65(52-24-7-2-8-25-52)53-26-9-3-10-27-53/h1-44H. The molecule has 0 heterocycles. The van der Waals surface area contributed by atoms with Crippen molar-refractivity contribution in [3.05, 3.63) is 267 Å². The first kappa shape index (κ1) is 38.9. The molecule has 0 saturated heterocycles. The molecule has 0 aliphatic heterocycles. The van der Waals surface area contributed by atoms with Gasteiger partial charge in [0, 0.05) is 33.8 Å². The number of hydrogen-bond acceptors (Lipinski definition) is 2. The van der Waals surface area contributed by atoms with Gasteiger partial charge in [0.2, 0.25) is 0 Å². The second-order valence-corrected chi connectivity index (χ2v) is 16.9. The zero-order valence-electron chi connectivity index (χ0n) is 36.3. The fourth-order valence-electron chi connectivity index (χ4n) is 9.92. The first-order valence-corrected chi connectivity index (χ1v) is 22.7. The number of hydrogen-bond donors (Lipinski definition) is 0. The molecule has 12 rings (SSSR count). The Balaban J connectivity index is 1.19. The third-order valence-electron chi connectivity index (χ3n) is 13.0.